The molecule has 0 spiro atoms. The highest BCUT2D eigenvalue weighted by Crippen LogP contribution is 2.07. The van der Waals surface area contributed by atoms with Crippen LogP contribution in [0.3, 0.4) is 0 Å². The number of ether oxygens (including phenoxy) is 1. The van der Waals surface area contributed by atoms with Crippen molar-refractivity contribution in [3.8, 4) is 0 Å². The average molecular weight is 166 g/mol. The predicted molar refractivity (Wildman–Crippen MR) is 49.8 cm³/mol. The first-order valence-electron chi connectivity index (χ1n) is 4.27. The van der Waals surface area contributed by atoms with E-state index in [4.69, 9.17) is 10.1 Å². The van der Waals surface area contributed by atoms with Gasteiger partial charge in [-0.05, 0) is 32.3 Å². The lowest BCUT2D eigenvalue weighted by molar-refractivity contribution is 0.226. The van der Waals surface area contributed by atoms with Gasteiger partial charge in [0.25, 0.3) is 0 Å². The predicted octanol–water partition coefficient (Wildman–Crippen LogP) is 2.14. The van der Waals surface area contributed by atoms with Crippen LogP contribution in [-0.4, -0.2) is 18.5 Å². The van der Waals surface area contributed by atoms with Gasteiger partial charge in [-0.25, -0.2) is 4.99 Å². The molecule has 0 radical (unpaired) electrons. The van der Waals surface area contributed by atoms with Crippen LogP contribution in [0.2, 0.25) is 0 Å². The maximum atomic E-state index is 7.42. The Balaban J connectivity index is 2.59. The van der Waals surface area contributed by atoms with Crippen LogP contribution < -0.4 is 0 Å². The van der Waals surface area contributed by atoms with Crippen LogP contribution >= 0.6 is 0 Å². The Labute approximate surface area is 72.7 Å². The summed E-state index contributed by atoms with van der Waals surface area (Å²) >= 11 is 0. The van der Waals surface area contributed by atoms with Gasteiger partial charge in [-0.3, -0.25) is 0 Å². The zero-order valence-electron chi connectivity index (χ0n) is 7.34. The molecule has 3 nitrogen and oxygen atoms in total. The number of rotatable bonds is 2. The summed E-state index contributed by atoms with van der Waals surface area (Å²) in [4.78, 5) is 4.04. The fourth-order valence-corrected chi connectivity index (χ4v) is 1.02. The molecule has 0 amide bonds. The lowest BCUT2D eigenvalue weighted by atomic mass is 10.1. The molecule has 0 aromatic rings. The molecule has 1 rings (SSSR count). The first-order valence-corrected chi connectivity index (χ1v) is 4.27. The van der Waals surface area contributed by atoms with Crippen molar-refractivity contribution >= 4 is 11.9 Å². The number of hydrogen-bond acceptors (Lipinski definition) is 3. The van der Waals surface area contributed by atoms with E-state index in [0.29, 0.717) is 18.2 Å². The highest BCUT2D eigenvalue weighted by atomic mass is 16.5. The molecule has 0 saturated heterocycles. The third-order valence-corrected chi connectivity index (χ3v) is 1.61. The molecule has 1 aliphatic rings. The van der Waals surface area contributed by atoms with Gasteiger partial charge in [-0.2, -0.15) is 0 Å². The first kappa shape index (κ1) is 8.97. The van der Waals surface area contributed by atoms with Crippen molar-refractivity contribution in [1.29, 1.82) is 5.41 Å². The molecule has 0 unspecified atom stereocenters. The van der Waals surface area contributed by atoms with Crippen molar-refractivity contribution in [1.82, 2.24) is 0 Å². The summed E-state index contributed by atoms with van der Waals surface area (Å²) < 4.78 is 5.23. The van der Waals surface area contributed by atoms with Crippen molar-refractivity contribution in [2.45, 2.75) is 26.2 Å². The molecule has 0 aromatic heterocycles. The Hall–Kier alpha value is -1.12. The quantitative estimate of drug-likeness (QED) is 0.671. The molecule has 0 fully saturated rings. The Morgan fingerprint density at radius 2 is 2.50 bits per heavy atom. The van der Waals surface area contributed by atoms with E-state index >= 15 is 0 Å². The maximum absolute atomic E-state index is 7.42. The normalized spacial score (nSPS) is 22.4. The molecule has 0 saturated carbocycles. The summed E-state index contributed by atoms with van der Waals surface area (Å²) in [6, 6.07) is 0. The monoisotopic (exact) mass is 166 g/mol. The van der Waals surface area contributed by atoms with E-state index in [9.17, 15) is 0 Å². The molecule has 1 aliphatic heterocycles. The smallest absolute Gasteiger partial charge is 0.209 e. The van der Waals surface area contributed by atoms with Gasteiger partial charge in [0.05, 0.1) is 12.8 Å². The van der Waals surface area contributed by atoms with Crippen molar-refractivity contribution in [3.63, 3.8) is 0 Å². The second-order valence-electron chi connectivity index (χ2n) is 2.65. The standard InChI is InChI=1S/C9H14N2O/c1-2-12-9-6-4-3-5-8(10)7-11-9/h6-7,10H,2-5H2,1H3/b9-6+,10-8?,11-7?. The van der Waals surface area contributed by atoms with Gasteiger partial charge in [0.1, 0.15) is 0 Å². The Morgan fingerprint density at radius 3 is 3.25 bits per heavy atom. The van der Waals surface area contributed by atoms with Gasteiger partial charge in [0.2, 0.25) is 5.88 Å². The summed E-state index contributed by atoms with van der Waals surface area (Å²) in [5.74, 6) is 0.655. The molecule has 0 aliphatic carbocycles. The van der Waals surface area contributed by atoms with Crippen LogP contribution in [0, 0.1) is 5.41 Å². The van der Waals surface area contributed by atoms with Crippen molar-refractivity contribution in [2.75, 3.05) is 6.61 Å². The van der Waals surface area contributed by atoms with Crippen molar-refractivity contribution < 1.29 is 4.74 Å². The van der Waals surface area contributed by atoms with Gasteiger partial charge in [0, 0.05) is 5.71 Å². The van der Waals surface area contributed by atoms with E-state index in [-0.39, 0.29) is 0 Å². The fourth-order valence-electron chi connectivity index (χ4n) is 1.02. The summed E-state index contributed by atoms with van der Waals surface area (Å²) in [5, 5.41) is 7.42. The Morgan fingerprint density at radius 1 is 1.67 bits per heavy atom. The van der Waals surface area contributed by atoms with Crippen LogP contribution in [0.4, 0.5) is 0 Å². The minimum atomic E-state index is 0.584. The average Bonchev–Trinajstić information content (AvgIpc) is 2.04. The number of aliphatic imine (C=N–C) groups is 1. The number of nitrogens with zero attached hydrogens (tertiary/aromatic N) is 1. The van der Waals surface area contributed by atoms with Gasteiger partial charge >= 0.3 is 0 Å². The third-order valence-electron chi connectivity index (χ3n) is 1.61. The largest absolute Gasteiger partial charge is 0.478 e. The van der Waals surface area contributed by atoms with Crippen molar-refractivity contribution in [3.05, 3.63) is 12.0 Å². The summed E-state index contributed by atoms with van der Waals surface area (Å²) in [5.41, 5.74) is 0.584. The van der Waals surface area contributed by atoms with Crippen LogP contribution in [0.15, 0.2) is 17.0 Å². The van der Waals surface area contributed by atoms with Crippen molar-refractivity contribution in [2.24, 2.45) is 4.99 Å². The number of nitrogens with one attached hydrogen (secondary N) is 1. The zero-order chi connectivity index (χ0) is 8.81. The van der Waals surface area contributed by atoms with Gasteiger partial charge < -0.3 is 10.1 Å². The molecule has 0 atom stereocenters. The van der Waals surface area contributed by atoms with Crippen LogP contribution in [0.5, 0.6) is 0 Å². The lowest BCUT2D eigenvalue weighted by Crippen LogP contribution is -2.01. The highest BCUT2D eigenvalue weighted by molar-refractivity contribution is 6.29. The van der Waals surface area contributed by atoms with E-state index in [1.54, 1.807) is 6.21 Å². The second kappa shape index (κ2) is 4.70. The zero-order valence-corrected chi connectivity index (χ0v) is 7.34. The molecule has 66 valence electrons. The molecular weight excluding hydrogens is 152 g/mol. The summed E-state index contributed by atoms with van der Waals surface area (Å²) in [7, 11) is 0. The van der Waals surface area contributed by atoms with E-state index in [1.807, 2.05) is 13.0 Å². The third kappa shape index (κ3) is 2.86. The van der Waals surface area contributed by atoms with Crippen LogP contribution in [0.25, 0.3) is 0 Å². The number of hydrogen-bond donors (Lipinski definition) is 1. The summed E-state index contributed by atoms with van der Waals surface area (Å²) in [6.45, 7) is 2.57. The molecule has 0 aromatic carbocycles. The van der Waals surface area contributed by atoms with E-state index < -0.39 is 0 Å². The molecule has 1 N–H and O–H groups in total. The van der Waals surface area contributed by atoms with E-state index in [1.165, 1.54) is 0 Å². The first-order chi connectivity index (χ1) is 5.83. The van der Waals surface area contributed by atoms with Gasteiger partial charge in [-0.15, -0.1) is 0 Å². The molecule has 1 heterocycles. The minimum absolute atomic E-state index is 0.584. The molecule has 12 heavy (non-hydrogen) atoms. The Bertz CT molecular complexity index is 219. The topological polar surface area (TPSA) is 45.4 Å². The van der Waals surface area contributed by atoms with Crippen LogP contribution in [-0.2, 0) is 4.74 Å². The molecular formula is C9H14N2O. The van der Waals surface area contributed by atoms with E-state index in [2.05, 4.69) is 4.99 Å². The maximum Gasteiger partial charge on any atom is 0.209 e. The molecule has 0 bridgehead atoms. The fraction of sp³-hybridized carbons (Fsp3) is 0.556. The lowest BCUT2D eigenvalue weighted by Gasteiger charge is -2.05. The SMILES string of the molecule is CCO/C1=C/CCCC(=N)C=N1. The highest BCUT2D eigenvalue weighted by Gasteiger charge is 1.99. The minimum Gasteiger partial charge on any atom is -0.478 e. The molecule has 3 heteroatoms. The van der Waals surface area contributed by atoms with Crippen LogP contribution in [0.1, 0.15) is 26.2 Å². The summed E-state index contributed by atoms with van der Waals surface area (Å²) in [6.07, 6.45) is 6.34. The van der Waals surface area contributed by atoms with Gasteiger partial charge in [0.15, 0.2) is 0 Å². The number of allylic oxidation sites excluding steroid dienone is 1. The van der Waals surface area contributed by atoms with Gasteiger partial charge in [-0.1, -0.05) is 0 Å². The Kier molecular flexibility index (Phi) is 3.51. The second-order valence-corrected chi connectivity index (χ2v) is 2.65. The van der Waals surface area contributed by atoms with E-state index in [0.717, 1.165) is 19.3 Å².